The van der Waals surface area contributed by atoms with Crippen molar-refractivity contribution in [1.82, 2.24) is 25.1 Å². The smallest absolute Gasteiger partial charge is 0.409 e. The SMILES string of the molecule is CCOC(=O)N1CCN(C(=O)C(CCC(=O)O)NC(=O)c2cc(C)nc(-c3cccc(C)c3)n2)CC1. The predicted molar refractivity (Wildman–Crippen MR) is 130 cm³/mol. The third kappa shape index (κ3) is 7.00. The number of piperazine rings is 1. The summed E-state index contributed by atoms with van der Waals surface area (Å²) in [5, 5.41) is 11.8. The molecule has 1 unspecified atom stereocenters. The maximum atomic E-state index is 13.2. The molecule has 3 rings (SSSR count). The Bertz CT molecular complexity index is 1130. The summed E-state index contributed by atoms with van der Waals surface area (Å²) in [6.45, 7) is 6.74. The zero-order valence-electron chi connectivity index (χ0n) is 20.7. The monoisotopic (exact) mass is 497 g/mol. The van der Waals surface area contributed by atoms with Crippen LogP contribution < -0.4 is 5.32 Å². The molecular weight excluding hydrogens is 466 g/mol. The summed E-state index contributed by atoms with van der Waals surface area (Å²) in [4.78, 5) is 61.3. The van der Waals surface area contributed by atoms with Crippen molar-refractivity contribution in [3.63, 3.8) is 0 Å². The Morgan fingerprint density at radius 1 is 1.06 bits per heavy atom. The number of nitrogens with zero attached hydrogens (tertiary/aromatic N) is 4. The number of aliphatic carboxylic acids is 1. The minimum Gasteiger partial charge on any atom is -0.481 e. The van der Waals surface area contributed by atoms with Gasteiger partial charge in [0.2, 0.25) is 5.91 Å². The van der Waals surface area contributed by atoms with Crippen LogP contribution in [0.5, 0.6) is 0 Å². The molecular formula is C25H31N5O6. The average molecular weight is 498 g/mol. The van der Waals surface area contributed by atoms with Crippen molar-refractivity contribution >= 4 is 23.9 Å². The number of carbonyl (C=O) groups excluding carboxylic acids is 3. The summed E-state index contributed by atoms with van der Waals surface area (Å²) in [6, 6.07) is 8.03. The topological polar surface area (TPSA) is 142 Å². The molecule has 2 N–H and O–H groups in total. The van der Waals surface area contributed by atoms with Crippen LogP contribution in [0, 0.1) is 13.8 Å². The molecule has 0 saturated carbocycles. The number of rotatable bonds is 8. The first kappa shape index (κ1) is 26.6. The molecule has 1 aromatic carbocycles. The van der Waals surface area contributed by atoms with Crippen LogP contribution >= 0.6 is 0 Å². The van der Waals surface area contributed by atoms with E-state index in [1.54, 1.807) is 13.8 Å². The Morgan fingerprint density at radius 2 is 1.75 bits per heavy atom. The summed E-state index contributed by atoms with van der Waals surface area (Å²) in [6.07, 6.45) is -0.812. The molecule has 11 heteroatoms. The summed E-state index contributed by atoms with van der Waals surface area (Å²) >= 11 is 0. The van der Waals surface area contributed by atoms with Gasteiger partial charge in [-0.05, 0) is 39.3 Å². The molecule has 11 nitrogen and oxygen atoms in total. The second-order valence-corrected chi connectivity index (χ2v) is 8.56. The molecule has 0 spiro atoms. The number of hydrogen-bond donors (Lipinski definition) is 2. The molecule has 0 bridgehead atoms. The van der Waals surface area contributed by atoms with Gasteiger partial charge in [0, 0.05) is 43.9 Å². The van der Waals surface area contributed by atoms with E-state index in [-0.39, 0.29) is 51.3 Å². The van der Waals surface area contributed by atoms with E-state index in [1.807, 2.05) is 31.2 Å². The highest BCUT2D eigenvalue weighted by Gasteiger charge is 2.31. The minimum absolute atomic E-state index is 0.0766. The van der Waals surface area contributed by atoms with Gasteiger partial charge in [0.25, 0.3) is 5.91 Å². The number of ether oxygens (including phenoxy) is 1. The number of amides is 3. The second kappa shape index (κ2) is 12.1. The number of benzene rings is 1. The summed E-state index contributed by atoms with van der Waals surface area (Å²) < 4.78 is 5.00. The highest BCUT2D eigenvalue weighted by Crippen LogP contribution is 2.18. The van der Waals surface area contributed by atoms with Gasteiger partial charge in [-0.15, -0.1) is 0 Å². The van der Waals surface area contributed by atoms with E-state index in [1.165, 1.54) is 15.9 Å². The molecule has 1 aliphatic rings. The van der Waals surface area contributed by atoms with Crippen molar-refractivity contribution in [3.8, 4) is 11.4 Å². The molecule has 1 atom stereocenters. The van der Waals surface area contributed by atoms with Crippen LogP contribution in [0.15, 0.2) is 30.3 Å². The van der Waals surface area contributed by atoms with Gasteiger partial charge in [0.1, 0.15) is 11.7 Å². The molecule has 0 radical (unpaired) electrons. The van der Waals surface area contributed by atoms with Gasteiger partial charge in [-0.1, -0.05) is 23.8 Å². The van der Waals surface area contributed by atoms with Crippen LogP contribution in [0.2, 0.25) is 0 Å². The van der Waals surface area contributed by atoms with E-state index in [4.69, 9.17) is 9.84 Å². The third-order valence-electron chi connectivity index (χ3n) is 5.73. The lowest BCUT2D eigenvalue weighted by Crippen LogP contribution is -2.56. The maximum absolute atomic E-state index is 13.2. The standard InChI is InChI=1S/C25H31N5O6/c1-4-36-25(35)30-12-10-29(11-13-30)24(34)19(8-9-21(31)32)28-23(33)20-15-17(3)26-22(27-20)18-7-5-6-16(2)14-18/h5-7,14-15,19H,4,8-13H2,1-3H3,(H,28,33)(H,31,32). The predicted octanol–water partition coefficient (Wildman–Crippen LogP) is 2.02. The quantitative estimate of drug-likeness (QED) is 0.564. The van der Waals surface area contributed by atoms with E-state index in [0.29, 0.717) is 11.5 Å². The Balaban J connectivity index is 1.75. The Morgan fingerprint density at radius 3 is 2.39 bits per heavy atom. The Hall–Kier alpha value is -4.02. The Labute approximate surface area is 209 Å². The van der Waals surface area contributed by atoms with Gasteiger partial charge in [-0.25, -0.2) is 14.8 Å². The van der Waals surface area contributed by atoms with Crippen LogP contribution in [0.25, 0.3) is 11.4 Å². The zero-order valence-corrected chi connectivity index (χ0v) is 20.7. The molecule has 0 aliphatic carbocycles. The van der Waals surface area contributed by atoms with Crippen LogP contribution in [-0.2, 0) is 14.3 Å². The fourth-order valence-electron chi connectivity index (χ4n) is 3.90. The van der Waals surface area contributed by atoms with Gasteiger partial charge >= 0.3 is 12.1 Å². The molecule has 2 heterocycles. The highest BCUT2D eigenvalue weighted by atomic mass is 16.6. The lowest BCUT2D eigenvalue weighted by atomic mass is 10.1. The first-order valence-electron chi connectivity index (χ1n) is 11.8. The zero-order chi connectivity index (χ0) is 26.2. The average Bonchev–Trinajstić information content (AvgIpc) is 2.85. The number of carboxylic acids is 1. The second-order valence-electron chi connectivity index (χ2n) is 8.56. The summed E-state index contributed by atoms with van der Waals surface area (Å²) in [5.74, 6) is -1.69. The molecule has 1 aliphatic heterocycles. The van der Waals surface area contributed by atoms with E-state index in [2.05, 4.69) is 15.3 Å². The molecule has 1 fully saturated rings. The van der Waals surface area contributed by atoms with Crippen molar-refractivity contribution in [3.05, 3.63) is 47.3 Å². The first-order chi connectivity index (χ1) is 17.2. The van der Waals surface area contributed by atoms with Crippen molar-refractivity contribution < 1.29 is 29.0 Å². The molecule has 1 aromatic heterocycles. The van der Waals surface area contributed by atoms with E-state index < -0.39 is 29.9 Å². The number of carboxylic acid groups (broad SMARTS) is 1. The van der Waals surface area contributed by atoms with Crippen LogP contribution in [-0.4, -0.2) is 87.6 Å². The number of carbonyl (C=O) groups is 4. The number of aromatic nitrogens is 2. The Kier molecular flexibility index (Phi) is 8.93. The lowest BCUT2D eigenvalue weighted by Gasteiger charge is -2.35. The normalized spacial score (nSPS) is 14.2. The third-order valence-corrected chi connectivity index (χ3v) is 5.73. The van der Waals surface area contributed by atoms with Crippen LogP contribution in [0.3, 0.4) is 0 Å². The van der Waals surface area contributed by atoms with Crippen molar-refractivity contribution in [2.45, 2.75) is 39.7 Å². The molecule has 2 aromatic rings. The van der Waals surface area contributed by atoms with Crippen LogP contribution in [0.4, 0.5) is 4.79 Å². The summed E-state index contributed by atoms with van der Waals surface area (Å²) in [7, 11) is 0. The van der Waals surface area contributed by atoms with Crippen molar-refractivity contribution in [1.29, 1.82) is 0 Å². The van der Waals surface area contributed by atoms with Crippen molar-refractivity contribution in [2.75, 3.05) is 32.8 Å². The number of nitrogens with one attached hydrogen (secondary N) is 1. The largest absolute Gasteiger partial charge is 0.481 e. The van der Waals surface area contributed by atoms with Crippen LogP contribution in [0.1, 0.15) is 41.5 Å². The van der Waals surface area contributed by atoms with E-state index >= 15 is 0 Å². The van der Waals surface area contributed by atoms with E-state index in [0.717, 1.165) is 11.1 Å². The first-order valence-corrected chi connectivity index (χ1v) is 11.8. The molecule has 192 valence electrons. The molecule has 1 saturated heterocycles. The van der Waals surface area contributed by atoms with Crippen molar-refractivity contribution in [2.24, 2.45) is 0 Å². The van der Waals surface area contributed by atoms with E-state index in [9.17, 15) is 19.2 Å². The lowest BCUT2D eigenvalue weighted by molar-refractivity contribution is -0.138. The number of aryl methyl sites for hydroxylation is 2. The fraction of sp³-hybridized carbons (Fsp3) is 0.440. The van der Waals surface area contributed by atoms with Gasteiger partial charge in [-0.2, -0.15) is 0 Å². The van der Waals surface area contributed by atoms with Gasteiger partial charge in [0.05, 0.1) is 6.61 Å². The summed E-state index contributed by atoms with van der Waals surface area (Å²) in [5.41, 5.74) is 2.44. The molecule has 3 amide bonds. The maximum Gasteiger partial charge on any atom is 0.409 e. The van der Waals surface area contributed by atoms with Gasteiger partial charge in [0.15, 0.2) is 5.82 Å². The minimum atomic E-state index is -1.08. The molecule has 36 heavy (non-hydrogen) atoms. The number of hydrogen-bond acceptors (Lipinski definition) is 7. The highest BCUT2D eigenvalue weighted by molar-refractivity contribution is 5.96. The fourth-order valence-corrected chi connectivity index (χ4v) is 3.90. The van der Waals surface area contributed by atoms with Gasteiger partial charge in [-0.3, -0.25) is 14.4 Å². The van der Waals surface area contributed by atoms with Gasteiger partial charge < -0.3 is 25.0 Å².